The third-order valence-electron chi connectivity index (χ3n) is 6.50. The van der Waals surface area contributed by atoms with E-state index in [4.69, 9.17) is 38.2 Å². The maximum Gasteiger partial charge on any atom is 0.232 e. The van der Waals surface area contributed by atoms with Gasteiger partial charge in [-0.2, -0.15) is 9.97 Å². The maximum absolute atomic E-state index is 5.99. The molecule has 0 aliphatic carbocycles. The summed E-state index contributed by atoms with van der Waals surface area (Å²) in [5.74, 6) is 4.07. The monoisotopic (exact) mass is 510 g/mol. The number of hydrogen-bond acceptors (Lipinski definition) is 6. The molecule has 0 amide bonds. The standard InChI is InChI=1S/C26H31ClN6OS/c27-20-9-7-19(8-10-20)22-12-11-21(34-22)18-28-26(35)31-25-29-23(32-13-3-1-2-4-14-32)17-24(30-25)33-15-5-6-16-33/h7-12,17H,1-6,13-16,18H2,(H2,28,29,30,31,35). The van der Waals surface area contributed by atoms with Crippen LogP contribution in [0.3, 0.4) is 0 Å². The van der Waals surface area contributed by atoms with Crippen molar-refractivity contribution in [1.29, 1.82) is 0 Å². The van der Waals surface area contributed by atoms with Crippen molar-refractivity contribution in [3.63, 3.8) is 0 Å². The van der Waals surface area contributed by atoms with Gasteiger partial charge in [-0.25, -0.2) is 0 Å². The second-order valence-electron chi connectivity index (χ2n) is 9.08. The van der Waals surface area contributed by atoms with Crippen molar-refractivity contribution in [1.82, 2.24) is 15.3 Å². The van der Waals surface area contributed by atoms with E-state index >= 15 is 0 Å². The van der Waals surface area contributed by atoms with Crippen LogP contribution in [0.25, 0.3) is 11.3 Å². The van der Waals surface area contributed by atoms with Crippen LogP contribution in [-0.2, 0) is 6.54 Å². The first-order chi connectivity index (χ1) is 17.1. The first-order valence-corrected chi connectivity index (χ1v) is 13.2. The lowest BCUT2D eigenvalue weighted by molar-refractivity contribution is 0.516. The number of nitrogens with zero attached hydrogens (tertiary/aromatic N) is 4. The lowest BCUT2D eigenvalue weighted by Gasteiger charge is -2.25. The Kier molecular flexibility index (Phi) is 7.69. The predicted octanol–water partition coefficient (Wildman–Crippen LogP) is 5.86. The van der Waals surface area contributed by atoms with Crippen molar-refractivity contribution >= 4 is 46.5 Å². The van der Waals surface area contributed by atoms with E-state index in [1.165, 1.54) is 38.5 Å². The maximum atomic E-state index is 5.99. The lowest BCUT2D eigenvalue weighted by atomic mass is 10.2. The van der Waals surface area contributed by atoms with Crippen molar-refractivity contribution in [3.05, 3.63) is 53.2 Å². The van der Waals surface area contributed by atoms with Crippen LogP contribution in [-0.4, -0.2) is 41.3 Å². The minimum absolute atomic E-state index is 0.463. The fraction of sp³-hybridized carbons (Fsp3) is 0.423. The zero-order chi connectivity index (χ0) is 24.0. The van der Waals surface area contributed by atoms with Crippen LogP contribution in [0.5, 0.6) is 0 Å². The summed E-state index contributed by atoms with van der Waals surface area (Å²) in [6.45, 7) is 4.60. The number of halogens is 1. The lowest BCUT2D eigenvalue weighted by Crippen LogP contribution is -2.30. The molecule has 2 aromatic heterocycles. The Morgan fingerprint density at radius 2 is 1.46 bits per heavy atom. The molecule has 9 heteroatoms. The highest BCUT2D eigenvalue weighted by molar-refractivity contribution is 7.80. The molecule has 2 N–H and O–H groups in total. The molecule has 5 rings (SSSR count). The van der Waals surface area contributed by atoms with Crippen molar-refractivity contribution in [2.75, 3.05) is 41.3 Å². The van der Waals surface area contributed by atoms with E-state index in [0.717, 1.165) is 54.9 Å². The molecule has 7 nitrogen and oxygen atoms in total. The summed E-state index contributed by atoms with van der Waals surface area (Å²) in [5, 5.41) is 7.59. The van der Waals surface area contributed by atoms with Crippen molar-refractivity contribution < 1.29 is 4.42 Å². The van der Waals surface area contributed by atoms with E-state index in [9.17, 15) is 0 Å². The molecule has 2 fully saturated rings. The van der Waals surface area contributed by atoms with Crippen LogP contribution in [0.2, 0.25) is 5.02 Å². The zero-order valence-corrected chi connectivity index (χ0v) is 21.4. The van der Waals surface area contributed by atoms with E-state index < -0.39 is 0 Å². The van der Waals surface area contributed by atoms with Crippen molar-refractivity contribution in [2.24, 2.45) is 0 Å². The highest BCUT2D eigenvalue weighted by atomic mass is 35.5. The third kappa shape index (κ3) is 6.24. The number of hydrogen-bond donors (Lipinski definition) is 2. The quantitative estimate of drug-likeness (QED) is 0.400. The van der Waals surface area contributed by atoms with Gasteiger partial charge in [-0.1, -0.05) is 24.4 Å². The van der Waals surface area contributed by atoms with Crippen molar-refractivity contribution in [2.45, 2.75) is 45.1 Å². The van der Waals surface area contributed by atoms with Crippen LogP contribution in [0.15, 0.2) is 46.9 Å². The Hall–Kier alpha value is -2.84. The van der Waals surface area contributed by atoms with Gasteiger partial charge in [0.1, 0.15) is 23.2 Å². The Labute approximate surface area is 216 Å². The van der Waals surface area contributed by atoms with Gasteiger partial charge >= 0.3 is 0 Å². The highest BCUT2D eigenvalue weighted by Crippen LogP contribution is 2.26. The fourth-order valence-electron chi connectivity index (χ4n) is 4.60. The van der Waals surface area contributed by atoms with Gasteiger partial charge < -0.3 is 24.9 Å². The Morgan fingerprint density at radius 1 is 0.857 bits per heavy atom. The van der Waals surface area contributed by atoms with Gasteiger partial charge in [0.2, 0.25) is 5.95 Å². The summed E-state index contributed by atoms with van der Waals surface area (Å²) < 4.78 is 5.97. The number of aromatic nitrogens is 2. The van der Waals surface area contributed by atoms with Crippen LogP contribution >= 0.6 is 23.8 Å². The molecule has 2 saturated heterocycles. The van der Waals surface area contributed by atoms with Gasteiger partial charge in [0.15, 0.2) is 5.11 Å². The minimum Gasteiger partial charge on any atom is -0.459 e. The fourth-order valence-corrected chi connectivity index (χ4v) is 4.89. The van der Waals surface area contributed by atoms with E-state index in [1.807, 2.05) is 36.4 Å². The predicted molar refractivity (Wildman–Crippen MR) is 146 cm³/mol. The molecule has 3 aromatic rings. The summed E-state index contributed by atoms with van der Waals surface area (Å²) in [6.07, 6.45) is 7.37. The van der Waals surface area contributed by atoms with Gasteiger partial charge in [-0.3, -0.25) is 0 Å². The molecule has 4 heterocycles. The SMILES string of the molecule is S=C(NCc1ccc(-c2ccc(Cl)cc2)o1)Nc1nc(N2CCCCCC2)cc(N2CCCC2)n1. The summed E-state index contributed by atoms with van der Waals surface area (Å²) in [5.41, 5.74) is 0.981. The molecule has 184 valence electrons. The molecule has 1 aromatic carbocycles. The molecular formula is C26H31ClN6OS. The molecular weight excluding hydrogens is 480 g/mol. The molecule has 0 bridgehead atoms. The van der Waals surface area contributed by atoms with Gasteiger partial charge in [-0.15, -0.1) is 0 Å². The topological polar surface area (TPSA) is 69.5 Å². The third-order valence-corrected chi connectivity index (χ3v) is 7.00. The Balaban J connectivity index is 1.25. The number of thiocarbonyl (C=S) groups is 1. The minimum atomic E-state index is 0.463. The molecule has 0 saturated carbocycles. The Bertz CT molecular complexity index is 1140. The molecule has 0 unspecified atom stereocenters. The van der Waals surface area contributed by atoms with E-state index in [2.05, 4.69) is 26.5 Å². The van der Waals surface area contributed by atoms with Crippen LogP contribution < -0.4 is 20.4 Å². The zero-order valence-electron chi connectivity index (χ0n) is 19.8. The summed E-state index contributed by atoms with van der Waals surface area (Å²) >= 11 is 11.5. The van der Waals surface area contributed by atoms with Gasteiger partial charge in [0.05, 0.1) is 6.54 Å². The molecule has 0 atom stereocenters. The number of anilines is 3. The second-order valence-corrected chi connectivity index (χ2v) is 9.93. The summed E-state index contributed by atoms with van der Waals surface area (Å²) in [6, 6.07) is 13.6. The van der Waals surface area contributed by atoms with E-state index in [-0.39, 0.29) is 0 Å². The second kappa shape index (κ2) is 11.3. The molecule has 2 aliphatic rings. The van der Waals surface area contributed by atoms with E-state index in [1.54, 1.807) is 0 Å². The van der Waals surface area contributed by atoms with Gasteiger partial charge in [-0.05, 0) is 74.3 Å². The van der Waals surface area contributed by atoms with Gasteiger partial charge in [0, 0.05) is 42.8 Å². The summed E-state index contributed by atoms with van der Waals surface area (Å²) in [4.78, 5) is 14.4. The number of nitrogens with one attached hydrogen (secondary N) is 2. The molecule has 0 spiro atoms. The first kappa shape index (κ1) is 23.9. The van der Waals surface area contributed by atoms with Gasteiger partial charge in [0.25, 0.3) is 0 Å². The molecule has 2 aliphatic heterocycles. The molecule has 0 radical (unpaired) electrons. The summed E-state index contributed by atoms with van der Waals surface area (Å²) in [7, 11) is 0. The highest BCUT2D eigenvalue weighted by Gasteiger charge is 2.19. The number of benzene rings is 1. The number of rotatable bonds is 6. The van der Waals surface area contributed by atoms with E-state index in [0.29, 0.717) is 22.6 Å². The van der Waals surface area contributed by atoms with Crippen LogP contribution in [0, 0.1) is 0 Å². The first-order valence-electron chi connectivity index (χ1n) is 12.4. The Morgan fingerprint density at radius 3 is 2.09 bits per heavy atom. The van der Waals surface area contributed by atoms with Crippen LogP contribution in [0.1, 0.15) is 44.3 Å². The smallest absolute Gasteiger partial charge is 0.232 e. The van der Waals surface area contributed by atoms with Crippen molar-refractivity contribution in [3.8, 4) is 11.3 Å². The molecule has 35 heavy (non-hydrogen) atoms. The number of furan rings is 1. The average molecular weight is 511 g/mol. The average Bonchev–Trinajstić information content (AvgIpc) is 3.50. The normalized spacial score (nSPS) is 16.3. The largest absolute Gasteiger partial charge is 0.459 e. The van der Waals surface area contributed by atoms with Crippen LogP contribution in [0.4, 0.5) is 17.6 Å².